The van der Waals surface area contributed by atoms with Crippen LogP contribution in [0.25, 0.3) is 11.0 Å². The smallest absolute Gasteiger partial charge is 0.153 e. The van der Waals surface area contributed by atoms with Gasteiger partial charge < -0.3 is 23.9 Å². The molecule has 0 saturated heterocycles. The van der Waals surface area contributed by atoms with Gasteiger partial charge in [-0.05, 0) is 48.9 Å². The minimum atomic E-state index is -0.687. The lowest BCUT2D eigenvalue weighted by Crippen LogP contribution is -2.24. The van der Waals surface area contributed by atoms with E-state index in [1.165, 1.54) is 0 Å². The molecule has 0 amide bonds. The number of aliphatic hydroxyl groups excluding tert-OH is 1. The van der Waals surface area contributed by atoms with Gasteiger partial charge in [-0.15, -0.1) is 0 Å². The van der Waals surface area contributed by atoms with E-state index < -0.39 is 6.10 Å². The lowest BCUT2D eigenvalue weighted by Gasteiger charge is -2.19. The number of fused-ring (bicyclic) bond motifs is 1. The summed E-state index contributed by atoms with van der Waals surface area (Å²) in [5, 5.41) is 10.7. The molecule has 3 aromatic carbocycles. The van der Waals surface area contributed by atoms with Crippen LogP contribution in [-0.2, 0) is 17.9 Å². The van der Waals surface area contributed by atoms with Crippen molar-refractivity contribution >= 4 is 11.0 Å². The number of aromatic nitrogens is 2. The molecule has 0 spiro atoms. The maximum Gasteiger partial charge on any atom is 0.153 e. The van der Waals surface area contributed by atoms with Gasteiger partial charge >= 0.3 is 0 Å². The fourth-order valence-electron chi connectivity index (χ4n) is 3.65. The molecule has 0 unspecified atom stereocenters. The van der Waals surface area contributed by atoms with Gasteiger partial charge in [0, 0.05) is 0 Å². The number of para-hydroxylation sites is 3. The van der Waals surface area contributed by atoms with Gasteiger partial charge in [0.25, 0.3) is 0 Å². The highest BCUT2D eigenvalue weighted by atomic mass is 16.5. The molecule has 0 saturated carbocycles. The summed E-state index contributed by atoms with van der Waals surface area (Å²) in [5.74, 6) is 2.35. The Bertz CT molecular complexity index is 1130. The van der Waals surface area contributed by atoms with Crippen molar-refractivity contribution < 1.29 is 19.3 Å². The van der Waals surface area contributed by atoms with Gasteiger partial charge in [0.2, 0.25) is 0 Å². The van der Waals surface area contributed by atoms with Crippen LogP contribution in [0, 0.1) is 0 Å². The van der Waals surface area contributed by atoms with Crippen LogP contribution in [-0.4, -0.2) is 34.5 Å². The second kappa shape index (κ2) is 10.3. The van der Waals surface area contributed by atoms with E-state index in [9.17, 15) is 5.11 Å². The molecule has 0 aliphatic rings. The SMILES string of the molecule is COc1ccc(COC[C@H](O)Cn2c([C@H](C)Oc3ccccc3)nc3ccccc32)cc1. The number of rotatable bonds is 10. The predicted molar refractivity (Wildman–Crippen MR) is 124 cm³/mol. The van der Waals surface area contributed by atoms with Gasteiger partial charge in [0.15, 0.2) is 11.9 Å². The maximum absolute atomic E-state index is 10.7. The van der Waals surface area contributed by atoms with Gasteiger partial charge in [0.05, 0.1) is 44.0 Å². The number of imidazole rings is 1. The van der Waals surface area contributed by atoms with E-state index in [-0.39, 0.29) is 12.7 Å². The minimum absolute atomic E-state index is 0.214. The average molecular weight is 433 g/mol. The van der Waals surface area contributed by atoms with Crippen molar-refractivity contribution in [2.24, 2.45) is 0 Å². The molecule has 0 aliphatic carbocycles. The summed E-state index contributed by atoms with van der Waals surface area (Å²) < 4.78 is 19.1. The van der Waals surface area contributed by atoms with Crippen LogP contribution in [0.15, 0.2) is 78.9 Å². The molecule has 6 heteroatoms. The number of nitrogens with zero attached hydrogens (tertiary/aromatic N) is 2. The lowest BCUT2D eigenvalue weighted by atomic mass is 10.2. The predicted octanol–water partition coefficient (Wildman–Crippen LogP) is 4.76. The molecule has 0 aliphatic heterocycles. The van der Waals surface area contributed by atoms with E-state index in [2.05, 4.69) is 0 Å². The summed E-state index contributed by atoms with van der Waals surface area (Å²) in [4.78, 5) is 4.78. The molecular weight excluding hydrogens is 404 g/mol. The highest BCUT2D eigenvalue weighted by Crippen LogP contribution is 2.25. The topological polar surface area (TPSA) is 65.7 Å². The van der Waals surface area contributed by atoms with Gasteiger partial charge in [-0.2, -0.15) is 0 Å². The van der Waals surface area contributed by atoms with Gasteiger partial charge in [-0.1, -0.05) is 42.5 Å². The molecule has 1 N–H and O–H groups in total. The Labute approximate surface area is 188 Å². The second-order valence-electron chi connectivity index (χ2n) is 7.66. The molecule has 166 valence electrons. The van der Waals surface area contributed by atoms with E-state index in [1.54, 1.807) is 7.11 Å². The van der Waals surface area contributed by atoms with Crippen molar-refractivity contribution in [3.05, 3.63) is 90.3 Å². The fraction of sp³-hybridized carbons (Fsp3) is 0.269. The summed E-state index contributed by atoms with van der Waals surface area (Å²) in [7, 11) is 1.64. The molecular formula is C26H28N2O4. The quantitative estimate of drug-likeness (QED) is 0.391. The molecule has 32 heavy (non-hydrogen) atoms. The Morgan fingerprint density at radius 1 is 0.906 bits per heavy atom. The average Bonchev–Trinajstić information content (AvgIpc) is 3.19. The standard InChI is InChI=1S/C26H28N2O4/c1-19(32-23-8-4-3-5-9-23)26-27-24-10-6-7-11-25(24)28(26)16-21(29)18-31-17-20-12-14-22(30-2)15-13-20/h3-15,19,21,29H,16-18H2,1-2H3/t19-,21+/m0/s1. The van der Waals surface area contributed by atoms with Gasteiger partial charge in [-0.3, -0.25) is 0 Å². The first-order chi connectivity index (χ1) is 15.6. The summed E-state index contributed by atoms with van der Waals surface area (Å²) in [5.41, 5.74) is 2.86. The van der Waals surface area contributed by atoms with Crippen LogP contribution in [0.4, 0.5) is 0 Å². The zero-order valence-corrected chi connectivity index (χ0v) is 18.3. The molecule has 0 bridgehead atoms. The molecule has 0 fully saturated rings. The van der Waals surface area contributed by atoms with Gasteiger partial charge in [-0.25, -0.2) is 4.98 Å². The molecule has 4 aromatic rings. The number of benzene rings is 3. The number of methoxy groups -OCH3 is 1. The van der Waals surface area contributed by atoms with Gasteiger partial charge in [0.1, 0.15) is 11.5 Å². The number of ether oxygens (including phenoxy) is 3. The van der Waals surface area contributed by atoms with Crippen molar-refractivity contribution in [3.8, 4) is 11.5 Å². The van der Waals surface area contributed by atoms with Crippen molar-refractivity contribution in [1.29, 1.82) is 0 Å². The normalized spacial score (nSPS) is 13.1. The zero-order chi connectivity index (χ0) is 22.3. The van der Waals surface area contributed by atoms with Crippen LogP contribution in [0.3, 0.4) is 0 Å². The van der Waals surface area contributed by atoms with Crippen LogP contribution >= 0.6 is 0 Å². The summed E-state index contributed by atoms with van der Waals surface area (Å²) in [6, 6.07) is 25.3. The Morgan fingerprint density at radius 3 is 2.38 bits per heavy atom. The number of hydrogen-bond donors (Lipinski definition) is 1. The summed E-state index contributed by atoms with van der Waals surface area (Å²) in [6.07, 6.45) is -0.967. The molecule has 6 nitrogen and oxygen atoms in total. The molecule has 1 heterocycles. The summed E-state index contributed by atoms with van der Waals surface area (Å²) in [6.45, 7) is 2.97. The largest absolute Gasteiger partial charge is 0.497 e. The molecule has 4 rings (SSSR count). The third-order valence-corrected chi connectivity index (χ3v) is 5.24. The van der Waals surface area contributed by atoms with Crippen molar-refractivity contribution in [1.82, 2.24) is 9.55 Å². The van der Waals surface area contributed by atoms with Crippen LogP contribution < -0.4 is 9.47 Å². The highest BCUT2D eigenvalue weighted by Gasteiger charge is 2.20. The molecule has 2 atom stereocenters. The first-order valence-electron chi connectivity index (χ1n) is 10.7. The monoisotopic (exact) mass is 432 g/mol. The minimum Gasteiger partial charge on any atom is -0.497 e. The van der Waals surface area contributed by atoms with Crippen LogP contribution in [0.1, 0.15) is 24.4 Å². The van der Waals surface area contributed by atoms with Crippen LogP contribution in [0.5, 0.6) is 11.5 Å². The molecule has 0 radical (unpaired) electrons. The van der Waals surface area contributed by atoms with Crippen molar-refractivity contribution in [2.75, 3.05) is 13.7 Å². The van der Waals surface area contributed by atoms with E-state index in [1.807, 2.05) is 90.4 Å². The first kappa shape index (κ1) is 21.9. The first-order valence-corrected chi connectivity index (χ1v) is 10.7. The Morgan fingerprint density at radius 2 is 1.62 bits per heavy atom. The van der Waals surface area contributed by atoms with Crippen molar-refractivity contribution in [3.63, 3.8) is 0 Å². The zero-order valence-electron chi connectivity index (χ0n) is 18.3. The third-order valence-electron chi connectivity index (χ3n) is 5.24. The molecule has 1 aromatic heterocycles. The van der Waals surface area contributed by atoms with E-state index >= 15 is 0 Å². The van der Waals surface area contributed by atoms with E-state index in [4.69, 9.17) is 19.2 Å². The van der Waals surface area contributed by atoms with E-state index in [0.717, 1.165) is 33.9 Å². The van der Waals surface area contributed by atoms with E-state index in [0.29, 0.717) is 13.2 Å². The Balaban J connectivity index is 1.44. The highest BCUT2D eigenvalue weighted by molar-refractivity contribution is 5.76. The number of hydrogen-bond acceptors (Lipinski definition) is 5. The maximum atomic E-state index is 10.7. The summed E-state index contributed by atoms with van der Waals surface area (Å²) >= 11 is 0. The Kier molecular flexibility index (Phi) is 7.04. The fourth-order valence-corrected chi connectivity index (χ4v) is 3.65. The number of aliphatic hydroxyl groups is 1. The lowest BCUT2D eigenvalue weighted by molar-refractivity contribution is 0.0198. The second-order valence-corrected chi connectivity index (χ2v) is 7.66. The Hall–Kier alpha value is -3.35. The third kappa shape index (κ3) is 5.28. The van der Waals surface area contributed by atoms with Crippen molar-refractivity contribution in [2.45, 2.75) is 32.3 Å². The van der Waals surface area contributed by atoms with Crippen LogP contribution in [0.2, 0.25) is 0 Å².